The number of halogens is 1. The molecule has 2 aliphatic heterocycles. The first-order chi connectivity index (χ1) is 17.5. The standard InChI is InChI=1S/C28H27FN4O3/c29-23-11-13-24(14-12-23)31-15-17-32(18-16-31)25(34)20-33-26(35)28(30-27(33)36,22-9-5-2-6-10-22)19-21-7-3-1-4-8-21/h1-14H,15-20H2,(H,30,36)/t28-/m0/s1. The fourth-order valence-electron chi connectivity index (χ4n) is 4.91. The Balaban J connectivity index is 1.30. The van der Waals surface area contributed by atoms with E-state index in [9.17, 15) is 18.8 Å². The van der Waals surface area contributed by atoms with Crippen molar-refractivity contribution in [1.82, 2.24) is 15.1 Å². The highest BCUT2D eigenvalue weighted by Gasteiger charge is 2.53. The van der Waals surface area contributed by atoms with E-state index < -0.39 is 17.5 Å². The molecule has 0 bridgehead atoms. The Morgan fingerprint density at radius 2 is 1.44 bits per heavy atom. The van der Waals surface area contributed by atoms with Gasteiger partial charge in [-0.3, -0.25) is 14.5 Å². The van der Waals surface area contributed by atoms with Crippen LogP contribution in [0.5, 0.6) is 0 Å². The number of urea groups is 1. The second kappa shape index (κ2) is 9.81. The van der Waals surface area contributed by atoms with Crippen molar-refractivity contribution >= 4 is 23.5 Å². The Kier molecular flexibility index (Phi) is 6.41. The maximum absolute atomic E-state index is 13.8. The third-order valence-electron chi connectivity index (χ3n) is 6.87. The topological polar surface area (TPSA) is 73.0 Å². The summed E-state index contributed by atoms with van der Waals surface area (Å²) in [6.45, 7) is 1.75. The first-order valence-electron chi connectivity index (χ1n) is 12.0. The molecule has 0 saturated carbocycles. The second-order valence-electron chi connectivity index (χ2n) is 9.10. The van der Waals surface area contributed by atoms with Gasteiger partial charge in [0.15, 0.2) is 5.54 Å². The number of rotatable bonds is 6. The van der Waals surface area contributed by atoms with Crippen LogP contribution in [0.25, 0.3) is 0 Å². The number of nitrogens with one attached hydrogen (secondary N) is 1. The van der Waals surface area contributed by atoms with E-state index in [1.165, 1.54) is 12.1 Å². The molecule has 2 fully saturated rings. The minimum Gasteiger partial charge on any atom is -0.368 e. The summed E-state index contributed by atoms with van der Waals surface area (Å²) >= 11 is 0. The van der Waals surface area contributed by atoms with Crippen molar-refractivity contribution in [3.63, 3.8) is 0 Å². The van der Waals surface area contributed by atoms with Crippen LogP contribution in [-0.4, -0.2) is 60.4 Å². The lowest BCUT2D eigenvalue weighted by atomic mass is 9.83. The quantitative estimate of drug-likeness (QED) is 0.544. The minimum atomic E-state index is -1.28. The van der Waals surface area contributed by atoms with E-state index in [1.54, 1.807) is 17.0 Å². The number of hydrogen-bond acceptors (Lipinski definition) is 4. The van der Waals surface area contributed by atoms with Crippen LogP contribution in [0.3, 0.4) is 0 Å². The summed E-state index contributed by atoms with van der Waals surface area (Å²) in [4.78, 5) is 44.7. The Hall–Kier alpha value is -4.20. The van der Waals surface area contributed by atoms with E-state index in [0.29, 0.717) is 31.7 Å². The van der Waals surface area contributed by atoms with Gasteiger partial charge >= 0.3 is 6.03 Å². The second-order valence-corrected chi connectivity index (χ2v) is 9.10. The predicted molar refractivity (Wildman–Crippen MR) is 134 cm³/mol. The zero-order valence-electron chi connectivity index (χ0n) is 19.8. The molecule has 1 N–H and O–H groups in total. The summed E-state index contributed by atoms with van der Waals surface area (Å²) in [5.41, 5.74) is 1.20. The normalized spacial score (nSPS) is 20.0. The van der Waals surface area contributed by atoms with Crippen LogP contribution >= 0.6 is 0 Å². The lowest BCUT2D eigenvalue weighted by molar-refractivity contribution is -0.139. The van der Waals surface area contributed by atoms with Crippen LogP contribution in [-0.2, 0) is 21.5 Å². The van der Waals surface area contributed by atoms with Crippen molar-refractivity contribution in [3.8, 4) is 0 Å². The van der Waals surface area contributed by atoms with Gasteiger partial charge < -0.3 is 15.1 Å². The lowest BCUT2D eigenvalue weighted by Crippen LogP contribution is -2.52. The number of carbonyl (C=O) groups is 3. The summed E-state index contributed by atoms with van der Waals surface area (Å²) in [5, 5.41) is 2.90. The van der Waals surface area contributed by atoms with Crippen LogP contribution in [0.2, 0.25) is 0 Å². The van der Waals surface area contributed by atoms with Crippen LogP contribution in [0.4, 0.5) is 14.9 Å². The maximum Gasteiger partial charge on any atom is 0.325 e. The molecule has 2 aliphatic rings. The Bertz CT molecular complexity index is 1240. The van der Waals surface area contributed by atoms with Crippen molar-refractivity contribution < 1.29 is 18.8 Å². The molecule has 0 unspecified atom stereocenters. The van der Waals surface area contributed by atoms with Crippen molar-refractivity contribution in [2.24, 2.45) is 0 Å². The van der Waals surface area contributed by atoms with Crippen molar-refractivity contribution in [2.45, 2.75) is 12.0 Å². The maximum atomic E-state index is 13.8. The third kappa shape index (κ3) is 4.54. The molecule has 0 aliphatic carbocycles. The lowest BCUT2D eigenvalue weighted by Gasteiger charge is -2.36. The molecule has 4 amide bonds. The fourth-order valence-corrected chi connectivity index (χ4v) is 4.91. The number of piperazine rings is 1. The summed E-state index contributed by atoms with van der Waals surface area (Å²) in [6.07, 6.45) is 0.281. The Morgan fingerprint density at radius 3 is 2.08 bits per heavy atom. The highest BCUT2D eigenvalue weighted by atomic mass is 19.1. The largest absolute Gasteiger partial charge is 0.368 e. The van der Waals surface area contributed by atoms with Gasteiger partial charge in [0.05, 0.1) is 0 Å². The van der Waals surface area contributed by atoms with Gasteiger partial charge in [0.25, 0.3) is 5.91 Å². The van der Waals surface area contributed by atoms with E-state index in [4.69, 9.17) is 0 Å². The summed E-state index contributed by atoms with van der Waals surface area (Å²) in [5.74, 6) is -0.998. The van der Waals surface area contributed by atoms with Crippen LogP contribution in [0, 0.1) is 5.82 Å². The number of carbonyl (C=O) groups excluding carboxylic acids is 3. The van der Waals surface area contributed by atoms with Gasteiger partial charge in [-0.05, 0) is 35.4 Å². The number of benzene rings is 3. The van der Waals surface area contributed by atoms with E-state index in [2.05, 4.69) is 10.2 Å². The van der Waals surface area contributed by atoms with E-state index >= 15 is 0 Å². The molecule has 5 rings (SSSR count). The zero-order chi connectivity index (χ0) is 25.1. The Labute approximate surface area is 209 Å². The van der Waals surface area contributed by atoms with Crippen LogP contribution in [0.15, 0.2) is 84.9 Å². The van der Waals surface area contributed by atoms with Gasteiger partial charge in [-0.1, -0.05) is 60.7 Å². The molecule has 36 heavy (non-hydrogen) atoms. The molecule has 7 nitrogen and oxygen atoms in total. The van der Waals surface area contributed by atoms with Gasteiger partial charge in [-0.15, -0.1) is 0 Å². The summed E-state index contributed by atoms with van der Waals surface area (Å²) < 4.78 is 13.2. The molecule has 1 atom stereocenters. The number of nitrogens with zero attached hydrogens (tertiary/aromatic N) is 3. The minimum absolute atomic E-state index is 0.277. The average Bonchev–Trinajstić information content (AvgIpc) is 3.15. The first-order valence-corrected chi connectivity index (χ1v) is 12.0. The monoisotopic (exact) mass is 486 g/mol. The highest BCUT2D eigenvalue weighted by Crippen LogP contribution is 2.33. The molecule has 2 saturated heterocycles. The molecule has 0 radical (unpaired) electrons. The fraction of sp³-hybridized carbons (Fsp3) is 0.250. The van der Waals surface area contributed by atoms with Crippen LogP contribution in [0.1, 0.15) is 11.1 Å². The Morgan fingerprint density at radius 1 is 0.833 bits per heavy atom. The van der Waals surface area contributed by atoms with Crippen molar-refractivity contribution in [2.75, 3.05) is 37.6 Å². The van der Waals surface area contributed by atoms with E-state index in [-0.39, 0.29) is 24.7 Å². The van der Waals surface area contributed by atoms with Crippen LogP contribution < -0.4 is 10.2 Å². The zero-order valence-corrected chi connectivity index (χ0v) is 19.8. The van der Waals surface area contributed by atoms with Gasteiger partial charge in [0, 0.05) is 38.3 Å². The molecule has 184 valence electrons. The van der Waals surface area contributed by atoms with Gasteiger partial charge in [0.1, 0.15) is 12.4 Å². The average molecular weight is 487 g/mol. The van der Waals surface area contributed by atoms with E-state index in [0.717, 1.165) is 16.2 Å². The smallest absolute Gasteiger partial charge is 0.325 e. The first kappa shape index (κ1) is 23.5. The van der Waals surface area contributed by atoms with Gasteiger partial charge in [-0.25, -0.2) is 9.18 Å². The third-order valence-corrected chi connectivity index (χ3v) is 6.87. The molecular weight excluding hydrogens is 459 g/mol. The number of hydrogen-bond donors (Lipinski definition) is 1. The molecule has 0 aromatic heterocycles. The highest BCUT2D eigenvalue weighted by molar-refractivity contribution is 6.09. The molecular formula is C28H27FN4O3. The number of anilines is 1. The van der Waals surface area contributed by atoms with Gasteiger partial charge in [0.2, 0.25) is 5.91 Å². The molecule has 3 aromatic carbocycles. The summed E-state index contributed by atoms with van der Waals surface area (Å²) in [7, 11) is 0. The van der Waals surface area contributed by atoms with Crippen molar-refractivity contribution in [3.05, 3.63) is 102 Å². The SMILES string of the molecule is O=C(CN1C(=O)N[C@@](Cc2ccccc2)(c2ccccc2)C1=O)N1CCN(c2ccc(F)cc2)CC1. The number of amides is 4. The summed E-state index contributed by atoms with van der Waals surface area (Å²) in [6, 6.07) is 24.4. The molecule has 8 heteroatoms. The number of imide groups is 1. The van der Waals surface area contributed by atoms with E-state index in [1.807, 2.05) is 60.7 Å². The van der Waals surface area contributed by atoms with Gasteiger partial charge in [-0.2, -0.15) is 0 Å². The predicted octanol–water partition coefficient (Wildman–Crippen LogP) is 3.16. The molecule has 3 aromatic rings. The van der Waals surface area contributed by atoms with Crippen molar-refractivity contribution in [1.29, 1.82) is 0 Å². The molecule has 2 heterocycles. The molecule has 0 spiro atoms.